The van der Waals surface area contributed by atoms with E-state index in [1.165, 1.54) is 0 Å². The Kier molecular flexibility index (Phi) is 2.99. The van der Waals surface area contributed by atoms with Crippen LogP contribution in [-0.2, 0) is 0 Å². The average Bonchev–Trinajstić information content (AvgIpc) is 2.81. The first-order valence-electron chi connectivity index (χ1n) is 6.03. The largest absolute Gasteiger partial charge is 0.360 e. The number of nitrogens with one attached hydrogen (secondary N) is 1. The zero-order valence-corrected chi connectivity index (χ0v) is 12.0. The average molecular weight is 314 g/mol. The van der Waals surface area contributed by atoms with E-state index < -0.39 is 0 Å². The van der Waals surface area contributed by atoms with Crippen molar-refractivity contribution in [3.8, 4) is 0 Å². The highest BCUT2D eigenvalue weighted by atomic mass is 79.9. The second kappa shape index (κ2) is 4.67. The van der Waals surface area contributed by atoms with Gasteiger partial charge in [0, 0.05) is 32.7 Å². The fourth-order valence-corrected chi connectivity index (χ4v) is 2.50. The molecule has 3 heteroatoms. The van der Waals surface area contributed by atoms with Crippen LogP contribution < -0.4 is 0 Å². The van der Waals surface area contributed by atoms with Gasteiger partial charge in [-0.05, 0) is 25.1 Å². The van der Waals surface area contributed by atoms with Gasteiger partial charge in [0.15, 0.2) is 5.78 Å². The fraction of sp³-hybridized carbons (Fsp3) is 0.0625. The molecule has 0 atom stereocenters. The van der Waals surface area contributed by atoms with E-state index >= 15 is 0 Å². The molecular formula is C16H12BrNO. The first kappa shape index (κ1) is 12.2. The van der Waals surface area contributed by atoms with Gasteiger partial charge in [-0.1, -0.05) is 45.8 Å². The Labute approximate surface area is 119 Å². The van der Waals surface area contributed by atoms with Crippen LogP contribution in [0.4, 0.5) is 0 Å². The summed E-state index contributed by atoms with van der Waals surface area (Å²) in [6.45, 7) is 2.01. The third-order valence-corrected chi connectivity index (χ3v) is 3.70. The Hall–Kier alpha value is -1.87. The molecular weight excluding hydrogens is 302 g/mol. The molecule has 0 radical (unpaired) electrons. The number of aromatic nitrogens is 1. The van der Waals surface area contributed by atoms with Crippen LogP contribution in [0, 0.1) is 6.92 Å². The highest BCUT2D eigenvalue weighted by Crippen LogP contribution is 2.24. The van der Waals surface area contributed by atoms with Gasteiger partial charge in [0.2, 0.25) is 0 Å². The monoisotopic (exact) mass is 313 g/mol. The van der Waals surface area contributed by atoms with Crippen LogP contribution in [-0.4, -0.2) is 10.8 Å². The smallest absolute Gasteiger partial charge is 0.195 e. The Morgan fingerprint density at radius 3 is 2.58 bits per heavy atom. The minimum Gasteiger partial charge on any atom is -0.360 e. The lowest BCUT2D eigenvalue weighted by Gasteiger charge is -2.01. The molecule has 0 saturated carbocycles. The number of carbonyl (C=O) groups is 1. The maximum Gasteiger partial charge on any atom is 0.195 e. The van der Waals surface area contributed by atoms with Crippen molar-refractivity contribution in [1.82, 2.24) is 4.98 Å². The molecule has 0 spiro atoms. The number of H-pyrrole nitrogens is 1. The SMILES string of the molecule is Cc1ccc(C(=O)c2c[nH]c3ccc(Br)cc23)cc1. The molecule has 0 aliphatic rings. The molecule has 0 aliphatic heterocycles. The molecule has 1 aromatic heterocycles. The van der Waals surface area contributed by atoms with Crippen LogP contribution in [0.25, 0.3) is 10.9 Å². The molecule has 1 heterocycles. The van der Waals surface area contributed by atoms with E-state index in [1.54, 1.807) is 6.20 Å². The minimum absolute atomic E-state index is 0.0457. The van der Waals surface area contributed by atoms with Crippen molar-refractivity contribution in [3.05, 3.63) is 69.8 Å². The van der Waals surface area contributed by atoms with Crippen LogP contribution in [0.1, 0.15) is 21.5 Å². The first-order chi connectivity index (χ1) is 9.15. The lowest BCUT2D eigenvalue weighted by molar-refractivity contribution is 0.104. The molecule has 94 valence electrons. The zero-order valence-electron chi connectivity index (χ0n) is 10.4. The van der Waals surface area contributed by atoms with E-state index in [4.69, 9.17) is 0 Å². The number of halogens is 1. The molecule has 0 saturated heterocycles. The van der Waals surface area contributed by atoms with Gasteiger partial charge in [-0.3, -0.25) is 4.79 Å². The van der Waals surface area contributed by atoms with E-state index in [0.29, 0.717) is 11.1 Å². The number of benzene rings is 2. The second-order valence-corrected chi connectivity index (χ2v) is 5.50. The van der Waals surface area contributed by atoms with Crippen molar-refractivity contribution in [2.45, 2.75) is 6.92 Å². The zero-order chi connectivity index (χ0) is 13.4. The number of aryl methyl sites for hydroxylation is 1. The van der Waals surface area contributed by atoms with Gasteiger partial charge in [0.05, 0.1) is 0 Å². The summed E-state index contributed by atoms with van der Waals surface area (Å²) in [5.74, 6) is 0.0457. The summed E-state index contributed by atoms with van der Waals surface area (Å²) in [6.07, 6.45) is 1.78. The fourth-order valence-electron chi connectivity index (χ4n) is 2.14. The summed E-state index contributed by atoms with van der Waals surface area (Å²) in [6, 6.07) is 13.5. The number of fused-ring (bicyclic) bond motifs is 1. The molecule has 2 aromatic carbocycles. The number of carbonyl (C=O) groups excluding carboxylic acids is 1. The van der Waals surface area contributed by atoms with E-state index in [-0.39, 0.29) is 5.78 Å². The predicted octanol–water partition coefficient (Wildman–Crippen LogP) is 4.47. The lowest BCUT2D eigenvalue weighted by Crippen LogP contribution is -2.00. The number of rotatable bonds is 2. The van der Waals surface area contributed by atoms with Gasteiger partial charge >= 0.3 is 0 Å². The molecule has 0 bridgehead atoms. The van der Waals surface area contributed by atoms with Crippen molar-refractivity contribution < 1.29 is 4.79 Å². The molecule has 3 rings (SSSR count). The Morgan fingerprint density at radius 1 is 1.11 bits per heavy atom. The summed E-state index contributed by atoms with van der Waals surface area (Å²) in [5, 5.41) is 0.944. The summed E-state index contributed by atoms with van der Waals surface area (Å²) in [4.78, 5) is 15.6. The first-order valence-corrected chi connectivity index (χ1v) is 6.82. The number of hydrogen-bond acceptors (Lipinski definition) is 1. The molecule has 3 aromatic rings. The van der Waals surface area contributed by atoms with Crippen LogP contribution in [0.15, 0.2) is 53.1 Å². The predicted molar refractivity (Wildman–Crippen MR) is 80.6 cm³/mol. The number of hydrogen-bond donors (Lipinski definition) is 1. The van der Waals surface area contributed by atoms with Gasteiger partial charge in [-0.15, -0.1) is 0 Å². The van der Waals surface area contributed by atoms with Crippen molar-refractivity contribution in [3.63, 3.8) is 0 Å². The quantitative estimate of drug-likeness (QED) is 0.696. The third kappa shape index (κ3) is 2.22. The van der Waals surface area contributed by atoms with Gasteiger partial charge in [-0.25, -0.2) is 0 Å². The van der Waals surface area contributed by atoms with E-state index in [0.717, 1.165) is 20.9 Å². The second-order valence-electron chi connectivity index (χ2n) is 4.59. The summed E-state index contributed by atoms with van der Waals surface area (Å²) >= 11 is 3.44. The van der Waals surface area contributed by atoms with E-state index in [9.17, 15) is 4.79 Å². The molecule has 1 N–H and O–H groups in total. The third-order valence-electron chi connectivity index (χ3n) is 3.20. The molecule has 0 aliphatic carbocycles. The van der Waals surface area contributed by atoms with Gasteiger partial charge in [0.1, 0.15) is 0 Å². The normalized spacial score (nSPS) is 10.8. The standard InChI is InChI=1S/C16H12BrNO/c1-10-2-4-11(5-3-10)16(19)14-9-18-15-7-6-12(17)8-13(14)15/h2-9,18H,1H3. The summed E-state index contributed by atoms with van der Waals surface area (Å²) < 4.78 is 0.970. The van der Waals surface area contributed by atoms with Crippen LogP contribution in [0.5, 0.6) is 0 Å². The number of aromatic amines is 1. The van der Waals surface area contributed by atoms with Crippen LogP contribution in [0.3, 0.4) is 0 Å². The molecule has 0 fully saturated rings. The molecule has 19 heavy (non-hydrogen) atoms. The maximum absolute atomic E-state index is 12.5. The maximum atomic E-state index is 12.5. The summed E-state index contributed by atoms with van der Waals surface area (Å²) in [5.41, 5.74) is 3.54. The highest BCUT2D eigenvalue weighted by molar-refractivity contribution is 9.10. The number of ketones is 1. The Morgan fingerprint density at radius 2 is 1.84 bits per heavy atom. The lowest BCUT2D eigenvalue weighted by atomic mass is 10.0. The highest BCUT2D eigenvalue weighted by Gasteiger charge is 2.14. The van der Waals surface area contributed by atoms with E-state index in [1.807, 2.05) is 49.4 Å². The van der Waals surface area contributed by atoms with Crippen LogP contribution in [0.2, 0.25) is 0 Å². The Bertz CT molecular complexity index is 756. The van der Waals surface area contributed by atoms with Gasteiger partial charge in [0.25, 0.3) is 0 Å². The van der Waals surface area contributed by atoms with Gasteiger partial charge in [-0.2, -0.15) is 0 Å². The van der Waals surface area contributed by atoms with Crippen LogP contribution >= 0.6 is 15.9 Å². The molecule has 2 nitrogen and oxygen atoms in total. The van der Waals surface area contributed by atoms with E-state index in [2.05, 4.69) is 20.9 Å². The summed E-state index contributed by atoms with van der Waals surface area (Å²) in [7, 11) is 0. The molecule has 0 amide bonds. The van der Waals surface area contributed by atoms with Gasteiger partial charge < -0.3 is 4.98 Å². The topological polar surface area (TPSA) is 32.9 Å². The minimum atomic E-state index is 0.0457. The Balaban J connectivity index is 2.11. The van der Waals surface area contributed by atoms with Crippen molar-refractivity contribution in [2.24, 2.45) is 0 Å². The van der Waals surface area contributed by atoms with Crippen molar-refractivity contribution in [2.75, 3.05) is 0 Å². The molecule has 0 unspecified atom stereocenters. The van der Waals surface area contributed by atoms with Crippen molar-refractivity contribution >= 4 is 32.6 Å². The van der Waals surface area contributed by atoms with Crippen molar-refractivity contribution in [1.29, 1.82) is 0 Å².